The zero-order valence-corrected chi connectivity index (χ0v) is 15.4. The van der Waals surface area contributed by atoms with Crippen LogP contribution in [0.4, 0.5) is 5.69 Å². The summed E-state index contributed by atoms with van der Waals surface area (Å²) in [5, 5.41) is 2.64. The van der Waals surface area contributed by atoms with Crippen LogP contribution in [0.5, 0.6) is 5.75 Å². The predicted molar refractivity (Wildman–Crippen MR) is 103 cm³/mol. The lowest BCUT2D eigenvalue weighted by atomic mass is 10.2. The molecule has 0 unspecified atom stereocenters. The maximum absolute atomic E-state index is 11.9. The van der Waals surface area contributed by atoms with Gasteiger partial charge in [-0.15, -0.1) is 0 Å². The Morgan fingerprint density at radius 1 is 1.11 bits per heavy atom. The van der Waals surface area contributed by atoms with E-state index in [9.17, 15) is 9.59 Å². The summed E-state index contributed by atoms with van der Waals surface area (Å²) in [6.07, 6.45) is 1.99. The molecular formula is C21H20N2O5. The van der Waals surface area contributed by atoms with Crippen LogP contribution in [0.25, 0.3) is 11.3 Å². The zero-order valence-electron chi connectivity index (χ0n) is 15.4. The molecule has 7 heteroatoms. The molecule has 0 saturated heterocycles. The number of aromatic nitrogens is 1. The standard InChI is InChI=1S/C21H20N2O5/c1-26-17-9-5-8-16(12-17)23-19(24)14-27-21(25)11-10-20-22-13-18(28-20)15-6-3-2-4-7-15/h2-9,12-13H,10-11,14H2,1H3,(H,23,24). The number of amides is 1. The lowest BCUT2D eigenvalue weighted by Crippen LogP contribution is -2.21. The van der Waals surface area contributed by atoms with E-state index < -0.39 is 11.9 Å². The molecule has 0 atom stereocenters. The monoisotopic (exact) mass is 380 g/mol. The molecule has 0 fully saturated rings. The van der Waals surface area contributed by atoms with E-state index in [0.29, 0.717) is 29.5 Å². The molecule has 144 valence electrons. The molecule has 3 rings (SSSR count). The molecule has 1 amide bonds. The first-order valence-corrected chi connectivity index (χ1v) is 8.73. The van der Waals surface area contributed by atoms with Crippen LogP contribution < -0.4 is 10.1 Å². The summed E-state index contributed by atoms with van der Waals surface area (Å²) in [7, 11) is 1.54. The molecule has 0 bridgehead atoms. The Bertz CT molecular complexity index is 937. The van der Waals surface area contributed by atoms with Crippen molar-refractivity contribution in [2.45, 2.75) is 12.8 Å². The molecule has 1 N–H and O–H groups in total. The molecule has 7 nitrogen and oxygen atoms in total. The summed E-state index contributed by atoms with van der Waals surface area (Å²) in [6.45, 7) is -0.364. The fourth-order valence-electron chi connectivity index (χ4n) is 2.49. The molecule has 2 aromatic carbocycles. The van der Waals surface area contributed by atoms with Gasteiger partial charge in [-0.25, -0.2) is 4.98 Å². The van der Waals surface area contributed by atoms with Gasteiger partial charge in [-0.3, -0.25) is 9.59 Å². The van der Waals surface area contributed by atoms with Crippen LogP contribution in [-0.2, 0) is 20.7 Å². The van der Waals surface area contributed by atoms with Crippen LogP contribution in [0.1, 0.15) is 12.3 Å². The smallest absolute Gasteiger partial charge is 0.306 e. The second kappa shape index (κ2) is 9.36. The van der Waals surface area contributed by atoms with Crippen molar-refractivity contribution >= 4 is 17.6 Å². The fraction of sp³-hybridized carbons (Fsp3) is 0.190. The van der Waals surface area contributed by atoms with Gasteiger partial charge in [0.25, 0.3) is 5.91 Å². The summed E-state index contributed by atoms with van der Waals surface area (Å²) in [5.74, 6) is 0.776. The van der Waals surface area contributed by atoms with E-state index in [4.69, 9.17) is 13.9 Å². The average Bonchev–Trinajstić information content (AvgIpc) is 3.20. The van der Waals surface area contributed by atoms with Gasteiger partial charge in [0.15, 0.2) is 18.3 Å². The fourth-order valence-corrected chi connectivity index (χ4v) is 2.49. The molecular weight excluding hydrogens is 360 g/mol. The minimum absolute atomic E-state index is 0.0706. The number of hydrogen-bond donors (Lipinski definition) is 1. The maximum atomic E-state index is 11.9. The van der Waals surface area contributed by atoms with Crippen molar-refractivity contribution in [1.82, 2.24) is 4.98 Å². The van der Waals surface area contributed by atoms with Crippen LogP contribution in [0.3, 0.4) is 0 Å². The van der Waals surface area contributed by atoms with E-state index >= 15 is 0 Å². The third-order valence-electron chi connectivity index (χ3n) is 3.87. The number of rotatable bonds is 8. The van der Waals surface area contributed by atoms with Crippen LogP contribution in [0.2, 0.25) is 0 Å². The number of anilines is 1. The Morgan fingerprint density at radius 3 is 2.71 bits per heavy atom. The zero-order chi connectivity index (χ0) is 19.8. The molecule has 3 aromatic rings. The second-order valence-corrected chi connectivity index (χ2v) is 5.93. The van der Waals surface area contributed by atoms with E-state index in [1.165, 1.54) is 0 Å². The Labute approximate surface area is 162 Å². The normalized spacial score (nSPS) is 10.3. The van der Waals surface area contributed by atoms with Crippen molar-refractivity contribution in [3.8, 4) is 17.1 Å². The van der Waals surface area contributed by atoms with Crippen LogP contribution in [-0.4, -0.2) is 30.6 Å². The number of benzene rings is 2. The van der Waals surface area contributed by atoms with Gasteiger partial charge in [0, 0.05) is 23.7 Å². The Morgan fingerprint density at radius 2 is 1.93 bits per heavy atom. The highest BCUT2D eigenvalue weighted by Gasteiger charge is 2.12. The van der Waals surface area contributed by atoms with Gasteiger partial charge >= 0.3 is 5.97 Å². The number of carbonyl (C=O) groups excluding carboxylic acids is 2. The molecule has 28 heavy (non-hydrogen) atoms. The first kappa shape index (κ1) is 19.2. The molecule has 0 aliphatic rings. The topological polar surface area (TPSA) is 90.7 Å². The molecule has 0 radical (unpaired) electrons. The highest BCUT2D eigenvalue weighted by atomic mass is 16.5. The summed E-state index contributed by atoms with van der Waals surface area (Å²) in [4.78, 5) is 27.9. The lowest BCUT2D eigenvalue weighted by molar-refractivity contribution is -0.147. The van der Waals surface area contributed by atoms with Gasteiger partial charge in [-0.2, -0.15) is 0 Å². The number of carbonyl (C=O) groups is 2. The van der Waals surface area contributed by atoms with Crippen molar-refractivity contribution < 1.29 is 23.5 Å². The third-order valence-corrected chi connectivity index (χ3v) is 3.87. The number of nitrogens with zero attached hydrogens (tertiary/aromatic N) is 1. The largest absolute Gasteiger partial charge is 0.497 e. The predicted octanol–water partition coefficient (Wildman–Crippen LogP) is 3.46. The van der Waals surface area contributed by atoms with E-state index in [0.717, 1.165) is 5.56 Å². The lowest BCUT2D eigenvalue weighted by Gasteiger charge is -2.07. The SMILES string of the molecule is COc1cccc(NC(=O)COC(=O)CCc2ncc(-c3ccccc3)o2)c1. The maximum Gasteiger partial charge on any atom is 0.306 e. The molecule has 1 heterocycles. The third kappa shape index (κ3) is 5.44. The molecule has 0 aliphatic heterocycles. The number of ether oxygens (including phenoxy) is 2. The van der Waals surface area contributed by atoms with E-state index in [1.807, 2.05) is 30.3 Å². The van der Waals surface area contributed by atoms with Gasteiger partial charge in [0.1, 0.15) is 5.75 Å². The number of esters is 1. The number of methoxy groups -OCH3 is 1. The van der Waals surface area contributed by atoms with Gasteiger partial charge in [0.05, 0.1) is 19.7 Å². The second-order valence-electron chi connectivity index (χ2n) is 5.93. The van der Waals surface area contributed by atoms with Crippen LogP contribution >= 0.6 is 0 Å². The summed E-state index contributed by atoms with van der Waals surface area (Å²) >= 11 is 0. The number of hydrogen-bond acceptors (Lipinski definition) is 6. The average molecular weight is 380 g/mol. The number of aryl methyl sites for hydroxylation is 1. The van der Waals surface area contributed by atoms with E-state index in [1.54, 1.807) is 37.6 Å². The molecule has 1 aromatic heterocycles. The Balaban J connectivity index is 1.42. The molecule has 0 saturated carbocycles. The highest BCUT2D eigenvalue weighted by Crippen LogP contribution is 2.20. The van der Waals surface area contributed by atoms with Gasteiger partial charge in [0.2, 0.25) is 0 Å². The Kier molecular flexibility index (Phi) is 6.41. The first-order chi connectivity index (χ1) is 13.6. The highest BCUT2D eigenvalue weighted by molar-refractivity contribution is 5.92. The van der Waals surface area contributed by atoms with Gasteiger partial charge < -0.3 is 19.2 Å². The van der Waals surface area contributed by atoms with Crippen molar-refractivity contribution in [2.75, 3.05) is 19.0 Å². The molecule has 0 spiro atoms. The van der Waals surface area contributed by atoms with Crippen molar-refractivity contribution in [3.05, 3.63) is 66.7 Å². The minimum atomic E-state index is -0.500. The van der Waals surface area contributed by atoms with Crippen molar-refractivity contribution in [3.63, 3.8) is 0 Å². The van der Waals surface area contributed by atoms with Crippen LogP contribution in [0.15, 0.2) is 65.2 Å². The first-order valence-electron chi connectivity index (χ1n) is 8.73. The Hall–Kier alpha value is -3.61. The number of nitrogens with one attached hydrogen (secondary N) is 1. The summed E-state index contributed by atoms with van der Waals surface area (Å²) in [5.41, 5.74) is 1.48. The summed E-state index contributed by atoms with van der Waals surface area (Å²) < 4.78 is 15.7. The van der Waals surface area contributed by atoms with E-state index in [2.05, 4.69) is 10.3 Å². The van der Waals surface area contributed by atoms with Gasteiger partial charge in [-0.05, 0) is 12.1 Å². The van der Waals surface area contributed by atoms with E-state index in [-0.39, 0.29) is 13.0 Å². The molecule has 0 aliphatic carbocycles. The quantitative estimate of drug-likeness (QED) is 0.602. The van der Waals surface area contributed by atoms with Crippen molar-refractivity contribution in [2.24, 2.45) is 0 Å². The van der Waals surface area contributed by atoms with Crippen molar-refractivity contribution in [1.29, 1.82) is 0 Å². The summed E-state index contributed by atoms with van der Waals surface area (Å²) in [6, 6.07) is 16.5. The van der Waals surface area contributed by atoms with Gasteiger partial charge in [-0.1, -0.05) is 36.4 Å². The number of oxazole rings is 1. The minimum Gasteiger partial charge on any atom is -0.497 e. The van der Waals surface area contributed by atoms with Crippen LogP contribution in [0, 0.1) is 0 Å².